The predicted molar refractivity (Wildman–Crippen MR) is 98.7 cm³/mol. The molecule has 0 amide bonds. The van der Waals surface area contributed by atoms with Crippen LogP contribution < -0.4 is 14.2 Å². The molecule has 2 fully saturated rings. The molecule has 1 aromatic rings. The van der Waals surface area contributed by atoms with Gasteiger partial charge in [-0.25, -0.2) is 13.1 Å². The Balaban J connectivity index is 1.90. The van der Waals surface area contributed by atoms with Gasteiger partial charge in [0, 0.05) is 18.7 Å². The summed E-state index contributed by atoms with van der Waals surface area (Å²) in [6.07, 6.45) is 5.12. The van der Waals surface area contributed by atoms with Crippen molar-refractivity contribution in [1.82, 2.24) is 9.79 Å². The molecule has 1 aliphatic heterocycles. The van der Waals surface area contributed by atoms with E-state index in [4.69, 9.17) is 14.3 Å². The van der Waals surface area contributed by atoms with E-state index in [9.17, 15) is 8.42 Å². The van der Waals surface area contributed by atoms with Gasteiger partial charge in [0.05, 0.1) is 26.9 Å². The Kier molecular flexibility index (Phi) is 6.06. The van der Waals surface area contributed by atoms with E-state index in [1.54, 1.807) is 32.4 Å². The highest BCUT2D eigenvalue weighted by Crippen LogP contribution is 2.42. The van der Waals surface area contributed by atoms with E-state index in [0.29, 0.717) is 11.5 Å². The van der Waals surface area contributed by atoms with Crippen molar-refractivity contribution >= 4 is 10.0 Å². The summed E-state index contributed by atoms with van der Waals surface area (Å²) in [6.45, 7) is 0.115. The molecule has 0 radical (unpaired) electrons. The predicted octanol–water partition coefficient (Wildman–Crippen LogP) is 2.24. The third-order valence-electron chi connectivity index (χ3n) is 5.27. The fraction of sp³-hybridized carbons (Fsp3) is 0.667. The zero-order chi connectivity index (χ0) is 18.7. The summed E-state index contributed by atoms with van der Waals surface area (Å²) >= 11 is 0. The Morgan fingerprint density at radius 3 is 2.54 bits per heavy atom. The van der Waals surface area contributed by atoms with Gasteiger partial charge in [0.15, 0.2) is 11.5 Å². The monoisotopic (exact) mass is 384 g/mol. The van der Waals surface area contributed by atoms with Crippen LogP contribution in [0.1, 0.15) is 43.7 Å². The average Bonchev–Trinajstić information content (AvgIpc) is 3.03. The molecule has 0 bridgehead atoms. The van der Waals surface area contributed by atoms with Crippen molar-refractivity contribution in [2.45, 2.75) is 49.4 Å². The van der Waals surface area contributed by atoms with Crippen LogP contribution in [0.15, 0.2) is 18.2 Å². The number of nitrogens with zero attached hydrogens (tertiary/aromatic N) is 1. The number of hydrogen-bond acceptors (Lipinski definition) is 6. The lowest BCUT2D eigenvalue weighted by Crippen LogP contribution is -2.44. The van der Waals surface area contributed by atoms with E-state index >= 15 is 0 Å². The Labute approximate surface area is 155 Å². The van der Waals surface area contributed by atoms with Gasteiger partial charge in [-0.15, -0.1) is 0 Å². The number of sulfonamides is 1. The van der Waals surface area contributed by atoms with Gasteiger partial charge in [-0.1, -0.05) is 31.4 Å². The smallest absolute Gasteiger partial charge is 0.219 e. The lowest BCUT2D eigenvalue weighted by molar-refractivity contribution is -0.110. The molecule has 1 saturated carbocycles. The molecule has 2 aliphatic rings. The maximum Gasteiger partial charge on any atom is 0.219 e. The van der Waals surface area contributed by atoms with Crippen LogP contribution in [0.25, 0.3) is 0 Å². The molecule has 146 valence electrons. The Bertz CT molecular complexity index is 718. The Morgan fingerprint density at radius 1 is 1.15 bits per heavy atom. The second-order valence-electron chi connectivity index (χ2n) is 6.91. The van der Waals surface area contributed by atoms with Gasteiger partial charge in [0.1, 0.15) is 5.25 Å². The van der Waals surface area contributed by atoms with Gasteiger partial charge in [-0.3, -0.25) is 4.84 Å². The van der Waals surface area contributed by atoms with E-state index in [2.05, 4.69) is 4.72 Å². The van der Waals surface area contributed by atoms with E-state index < -0.39 is 21.3 Å². The van der Waals surface area contributed by atoms with E-state index in [-0.39, 0.29) is 12.6 Å². The first kappa shape index (κ1) is 19.4. The lowest BCUT2D eigenvalue weighted by Gasteiger charge is -2.28. The number of nitrogens with one attached hydrogen (secondary N) is 1. The maximum absolute atomic E-state index is 13.1. The van der Waals surface area contributed by atoms with E-state index in [1.165, 1.54) is 6.42 Å². The minimum absolute atomic E-state index is 0.0208. The SMILES string of the molecule is COc1cccc([C@@H]2[C@H](S(=O)(=O)NC3CCCCC3)CON2C)c1OC. The van der Waals surface area contributed by atoms with Crippen LogP contribution in [0.2, 0.25) is 0 Å². The number of ether oxygens (including phenoxy) is 2. The summed E-state index contributed by atoms with van der Waals surface area (Å²) in [5, 5.41) is 0.887. The van der Waals surface area contributed by atoms with E-state index in [1.807, 2.05) is 12.1 Å². The molecule has 0 unspecified atom stereocenters. The van der Waals surface area contributed by atoms with Gasteiger partial charge in [-0.05, 0) is 18.9 Å². The van der Waals surface area contributed by atoms with Crippen LogP contribution in [-0.4, -0.2) is 52.6 Å². The highest BCUT2D eigenvalue weighted by Gasteiger charge is 2.45. The number of para-hydroxylation sites is 1. The van der Waals surface area contributed by atoms with Crippen molar-refractivity contribution in [3.8, 4) is 11.5 Å². The van der Waals surface area contributed by atoms with Gasteiger partial charge in [0.2, 0.25) is 10.0 Å². The molecular weight excluding hydrogens is 356 g/mol. The number of methoxy groups -OCH3 is 2. The standard InChI is InChI=1S/C18H28N2O5S/c1-20-17(14-10-7-11-15(23-2)18(14)24-3)16(12-25-20)26(21,22)19-13-8-5-4-6-9-13/h7,10-11,13,16-17,19H,4-6,8-9,12H2,1-3H3/t16-,17-/m1/s1. The first-order chi connectivity index (χ1) is 12.5. The zero-order valence-corrected chi connectivity index (χ0v) is 16.4. The Morgan fingerprint density at radius 2 is 1.88 bits per heavy atom. The molecule has 1 heterocycles. The number of benzene rings is 1. The van der Waals surface area contributed by atoms with Crippen LogP contribution in [-0.2, 0) is 14.9 Å². The number of hydroxylamine groups is 2. The fourth-order valence-corrected chi connectivity index (χ4v) is 5.71. The average molecular weight is 384 g/mol. The molecule has 2 atom stereocenters. The highest BCUT2D eigenvalue weighted by atomic mass is 32.2. The zero-order valence-electron chi connectivity index (χ0n) is 15.6. The van der Waals surface area contributed by atoms with Gasteiger partial charge >= 0.3 is 0 Å². The Hall–Kier alpha value is -1.35. The molecule has 26 heavy (non-hydrogen) atoms. The van der Waals surface area contributed by atoms with Crippen LogP contribution in [0, 0.1) is 0 Å². The summed E-state index contributed by atoms with van der Waals surface area (Å²) in [6, 6.07) is 5.04. The summed E-state index contributed by atoms with van der Waals surface area (Å²) in [5.74, 6) is 1.11. The van der Waals surface area contributed by atoms with Gasteiger partial charge < -0.3 is 9.47 Å². The molecule has 0 aromatic heterocycles. The largest absolute Gasteiger partial charge is 0.493 e. The number of rotatable bonds is 6. The maximum atomic E-state index is 13.1. The van der Waals surface area contributed by atoms with Crippen molar-refractivity contribution in [3.05, 3.63) is 23.8 Å². The van der Waals surface area contributed by atoms with Gasteiger partial charge in [0.25, 0.3) is 0 Å². The first-order valence-corrected chi connectivity index (χ1v) is 10.6. The fourth-order valence-electron chi connectivity index (χ4n) is 3.94. The van der Waals surface area contributed by atoms with Crippen LogP contribution >= 0.6 is 0 Å². The van der Waals surface area contributed by atoms with Crippen molar-refractivity contribution in [2.24, 2.45) is 0 Å². The second kappa shape index (κ2) is 8.12. The molecule has 3 rings (SSSR count). The van der Waals surface area contributed by atoms with Crippen molar-refractivity contribution < 1.29 is 22.7 Å². The molecule has 0 spiro atoms. The topological polar surface area (TPSA) is 77.1 Å². The second-order valence-corrected chi connectivity index (χ2v) is 8.84. The molecule has 1 N–H and O–H groups in total. The molecule has 1 aromatic carbocycles. The van der Waals surface area contributed by atoms with Crippen LogP contribution in [0.3, 0.4) is 0 Å². The molecule has 1 saturated heterocycles. The quantitative estimate of drug-likeness (QED) is 0.811. The normalized spacial score (nSPS) is 25.3. The van der Waals surface area contributed by atoms with Crippen LogP contribution in [0.4, 0.5) is 0 Å². The lowest BCUT2D eigenvalue weighted by atomic mass is 9.96. The third kappa shape index (κ3) is 3.83. The highest BCUT2D eigenvalue weighted by molar-refractivity contribution is 7.90. The summed E-state index contributed by atoms with van der Waals surface area (Å²) in [5.41, 5.74) is 0.742. The van der Waals surface area contributed by atoms with Crippen molar-refractivity contribution in [1.29, 1.82) is 0 Å². The molecular formula is C18H28N2O5S. The number of hydrogen-bond donors (Lipinski definition) is 1. The molecule has 1 aliphatic carbocycles. The summed E-state index contributed by atoms with van der Waals surface area (Å²) in [4.78, 5) is 5.60. The minimum atomic E-state index is -3.55. The summed E-state index contributed by atoms with van der Waals surface area (Å²) in [7, 11) is 1.32. The molecule has 7 nitrogen and oxygen atoms in total. The third-order valence-corrected chi connectivity index (χ3v) is 7.13. The molecule has 8 heteroatoms. The van der Waals surface area contributed by atoms with Crippen LogP contribution in [0.5, 0.6) is 11.5 Å². The van der Waals surface area contributed by atoms with Gasteiger partial charge in [-0.2, -0.15) is 5.06 Å². The van der Waals surface area contributed by atoms with E-state index in [0.717, 1.165) is 31.2 Å². The minimum Gasteiger partial charge on any atom is -0.493 e. The van der Waals surface area contributed by atoms with Crippen molar-refractivity contribution in [3.63, 3.8) is 0 Å². The summed E-state index contributed by atoms with van der Waals surface area (Å²) < 4.78 is 40.0. The van der Waals surface area contributed by atoms with Crippen molar-refractivity contribution in [2.75, 3.05) is 27.9 Å². The first-order valence-electron chi connectivity index (χ1n) is 9.05.